The van der Waals surface area contributed by atoms with Gasteiger partial charge in [-0.15, -0.1) is 0 Å². The van der Waals surface area contributed by atoms with E-state index in [0.717, 1.165) is 21.9 Å². The van der Waals surface area contributed by atoms with Crippen molar-refractivity contribution in [1.82, 2.24) is 9.78 Å². The minimum absolute atomic E-state index is 0.112. The van der Waals surface area contributed by atoms with E-state index >= 15 is 0 Å². The number of aryl methyl sites for hydroxylation is 1. The molecule has 154 valence electrons. The largest absolute Gasteiger partial charge is 0.326 e. The van der Waals surface area contributed by atoms with Gasteiger partial charge in [0.2, 0.25) is 0 Å². The Morgan fingerprint density at radius 1 is 1.38 bits per heavy atom. The lowest BCUT2D eigenvalue weighted by Crippen LogP contribution is -3.08. The van der Waals surface area contributed by atoms with Gasteiger partial charge in [0.1, 0.15) is 12.6 Å². The number of sulfone groups is 1. The number of rotatable bonds is 6. The van der Waals surface area contributed by atoms with E-state index in [1.54, 1.807) is 24.3 Å². The van der Waals surface area contributed by atoms with Crippen LogP contribution in [0.2, 0.25) is 0 Å². The van der Waals surface area contributed by atoms with Crippen molar-refractivity contribution < 1.29 is 18.1 Å². The number of quaternary nitrogens is 1. The second kappa shape index (κ2) is 8.35. The molecular weight excluding hydrogens is 390 g/mol. The molecule has 1 aliphatic rings. The van der Waals surface area contributed by atoms with Gasteiger partial charge in [0, 0.05) is 5.69 Å². The van der Waals surface area contributed by atoms with Crippen molar-refractivity contribution in [3.8, 4) is 6.07 Å². The Balaban J connectivity index is 1.66. The molecule has 2 N–H and O–H groups in total. The Labute approximate surface area is 171 Å². The quantitative estimate of drug-likeness (QED) is 0.708. The van der Waals surface area contributed by atoms with Crippen molar-refractivity contribution >= 4 is 21.4 Å². The molecule has 1 aliphatic heterocycles. The van der Waals surface area contributed by atoms with Gasteiger partial charge in [-0.05, 0) is 32.4 Å². The van der Waals surface area contributed by atoms with E-state index in [0.29, 0.717) is 24.2 Å². The van der Waals surface area contributed by atoms with E-state index in [9.17, 15) is 13.2 Å². The number of para-hydroxylation sites is 1. The molecule has 1 amide bonds. The SMILES string of the molecule is Cc1nn([C@@H]2CCS(=O)(=O)C2)c(C)c1C[NH+](C)CC(=O)Nc1ccccc1C#N. The predicted octanol–water partition coefficient (Wildman–Crippen LogP) is 0.385. The number of aromatic nitrogens is 2. The van der Waals surface area contributed by atoms with E-state index in [1.165, 1.54) is 0 Å². The highest BCUT2D eigenvalue weighted by molar-refractivity contribution is 7.91. The molecule has 9 heteroatoms. The predicted molar refractivity (Wildman–Crippen MR) is 109 cm³/mol. The van der Waals surface area contributed by atoms with Crippen LogP contribution in [0.3, 0.4) is 0 Å². The number of hydrogen-bond donors (Lipinski definition) is 2. The Morgan fingerprint density at radius 3 is 2.76 bits per heavy atom. The fourth-order valence-electron chi connectivity index (χ4n) is 3.80. The number of nitriles is 1. The van der Waals surface area contributed by atoms with Gasteiger partial charge in [-0.3, -0.25) is 9.48 Å². The maximum atomic E-state index is 12.4. The summed E-state index contributed by atoms with van der Waals surface area (Å²) in [6.07, 6.45) is 0.590. The van der Waals surface area contributed by atoms with Crippen molar-refractivity contribution in [2.45, 2.75) is 32.9 Å². The number of benzene rings is 1. The van der Waals surface area contributed by atoms with E-state index in [1.807, 2.05) is 25.6 Å². The lowest BCUT2D eigenvalue weighted by atomic mass is 10.1. The minimum Gasteiger partial charge on any atom is -0.326 e. The Morgan fingerprint density at radius 2 is 2.10 bits per heavy atom. The monoisotopic (exact) mass is 416 g/mol. The van der Waals surface area contributed by atoms with Crippen LogP contribution in [0.5, 0.6) is 0 Å². The maximum absolute atomic E-state index is 12.4. The highest BCUT2D eigenvalue weighted by Gasteiger charge is 2.32. The van der Waals surface area contributed by atoms with Crippen LogP contribution in [0.4, 0.5) is 5.69 Å². The molecular formula is C20H26N5O3S+. The summed E-state index contributed by atoms with van der Waals surface area (Å²) in [5.41, 5.74) is 3.80. The fraction of sp³-hybridized carbons (Fsp3) is 0.450. The molecule has 0 saturated carbocycles. The maximum Gasteiger partial charge on any atom is 0.279 e. The molecule has 2 heterocycles. The van der Waals surface area contributed by atoms with E-state index in [2.05, 4.69) is 16.5 Å². The van der Waals surface area contributed by atoms with E-state index in [-0.39, 0.29) is 30.0 Å². The summed E-state index contributed by atoms with van der Waals surface area (Å²) in [4.78, 5) is 13.4. The Bertz CT molecular complexity index is 1070. The summed E-state index contributed by atoms with van der Waals surface area (Å²) in [6.45, 7) is 4.71. The van der Waals surface area contributed by atoms with Gasteiger partial charge in [0.25, 0.3) is 5.91 Å². The molecule has 0 bridgehead atoms. The van der Waals surface area contributed by atoms with Crippen molar-refractivity contribution in [2.24, 2.45) is 0 Å². The molecule has 2 aromatic rings. The number of hydrogen-bond acceptors (Lipinski definition) is 5. The van der Waals surface area contributed by atoms with Crippen LogP contribution in [-0.4, -0.2) is 49.2 Å². The number of nitrogens with one attached hydrogen (secondary N) is 2. The summed E-state index contributed by atoms with van der Waals surface area (Å²) in [7, 11) is -1.06. The standard InChI is InChI=1S/C20H25N5O3S/c1-14-18(15(2)25(23-14)17-8-9-29(27,28)13-17)11-24(3)12-20(26)22-19-7-5-4-6-16(19)10-21/h4-7,17H,8-9,11-13H2,1-3H3,(H,22,26)/p+1/t17-/m1/s1. The van der Waals surface area contributed by atoms with E-state index in [4.69, 9.17) is 5.26 Å². The van der Waals surface area contributed by atoms with Crippen LogP contribution >= 0.6 is 0 Å². The number of likely N-dealkylation sites (N-methyl/N-ethyl adjacent to an activating group) is 1. The zero-order chi connectivity index (χ0) is 21.2. The third-order valence-electron chi connectivity index (χ3n) is 5.29. The second-order valence-corrected chi connectivity index (χ2v) is 9.90. The molecule has 0 spiro atoms. The second-order valence-electron chi connectivity index (χ2n) is 7.67. The van der Waals surface area contributed by atoms with Gasteiger partial charge >= 0.3 is 0 Å². The third-order valence-corrected chi connectivity index (χ3v) is 7.04. The fourth-order valence-corrected chi connectivity index (χ4v) is 5.49. The van der Waals surface area contributed by atoms with Gasteiger partial charge in [-0.2, -0.15) is 10.4 Å². The first kappa shape index (κ1) is 21.0. The first-order valence-corrected chi connectivity index (χ1v) is 11.4. The zero-order valence-electron chi connectivity index (χ0n) is 16.9. The Hall–Kier alpha value is -2.70. The molecule has 29 heavy (non-hydrogen) atoms. The molecule has 1 unspecified atom stereocenters. The van der Waals surface area contributed by atoms with Gasteiger partial charge in [0.15, 0.2) is 16.4 Å². The first-order chi connectivity index (χ1) is 13.7. The summed E-state index contributed by atoms with van der Waals surface area (Å²) in [5, 5.41) is 16.5. The molecule has 1 saturated heterocycles. The van der Waals surface area contributed by atoms with Crippen LogP contribution < -0.4 is 10.2 Å². The average Bonchev–Trinajstić information content (AvgIpc) is 3.15. The number of carbonyl (C=O) groups excluding carboxylic acids is 1. The van der Waals surface area contributed by atoms with Gasteiger partial charge < -0.3 is 10.2 Å². The van der Waals surface area contributed by atoms with Crippen LogP contribution in [0.15, 0.2) is 24.3 Å². The highest BCUT2D eigenvalue weighted by Crippen LogP contribution is 2.26. The number of nitrogens with zero attached hydrogens (tertiary/aromatic N) is 3. The third kappa shape index (κ3) is 4.83. The zero-order valence-corrected chi connectivity index (χ0v) is 17.7. The van der Waals surface area contributed by atoms with Gasteiger partial charge in [-0.1, -0.05) is 12.1 Å². The normalized spacial score (nSPS) is 18.9. The molecule has 1 aromatic heterocycles. The molecule has 1 fully saturated rings. The van der Waals surface area contributed by atoms with E-state index < -0.39 is 9.84 Å². The summed E-state index contributed by atoms with van der Waals surface area (Å²) < 4.78 is 25.4. The highest BCUT2D eigenvalue weighted by atomic mass is 32.2. The smallest absolute Gasteiger partial charge is 0.279 e. The molecule has 0 radical (unpaired) electrons. The van der Waals surface area contributed by atoms with Crippen molar-refractivity contribution in [1.29, 1.82) is 5.26 Å². The number of carbonyl (C=O) groups is 1. The number of anilines is 1. The summed E-state index contributed by atoms with van der Waals surface area (Å²) >= 11 is 0. The van der Waals surface area contributed by atoms with Crippen LogP contribution in [0.1, 0.15) is 35.0 Å². The molecule has 1 aromatic carbocycles. The lowest BCUT2D eigenvalue weighted by molar-refractivity contribution is -0.885. The minimum atomic E-state index is -2.98. The number of amides is 1. The van der Waals surface area contributed by atoms with Crippen LogP contribution in [0.25, 0.3) is 0 Å². The summed E-state index contributed by atoms with van der Waals surface area (Å²) in [6, 6.07) is 8.86. The topological polar surface area (TPSA) is 109 Å². The summed E-state index contributed by atoms with van der Waals surface area (Å²) in [5.74, 6) is 0.174. The molecule has 8 nitrogen and oxygen atoms in total. The van der Waals surface area contributed by atoms with Crippen molar-refractivity contribution in [2.75, 3.05) is 30.4 Å². The molecule has 0 aliphatic carbocycles. The van der Waals surface area contributed by atoms with Crippen LogP contribution in [-0.2, 0) is 21.2 Å². The molecule has 2 atom stereocenters. The lowest BCUT2D eigenvalue weighted by Gasteiger charge is -2.15. The van der Waals surface area contributed by atoms with Crippen molar-refractivity contribution in [3.05, 3.63) is 46.8 Å². The Kier molecular flexibility index (Phi) is 6.05. The first-order valence-electron chi connectivity index (χ1n) is 9.55. The van der Waals surface area contributed by atoms with Crippen LogP contribution in [0, 0.1) is 25.2 Å². The van der Waals surface area contributed by atoms with Gasteiger partial charge in [0.05, 0.1) is 47.1 Å². The van der Waals surface area contributed by atoms with Crippen molar-refractivity contribution in [3.63, 3.8) is 0 Å². The van der Waals surface area contributed by atoms with Gasteiger partial charge in [-0.25, -0.2) is 8.42 Å². The average molecular weight is 417 g/mol. The molecule has 3 rings (SSSR count).